The molecule has 0 bridgehead atoms. The van der Waals surface area contributed by atoms with Crippen LogP contribution in [-0.2, 0) is 6.42 Å². The summed E-state index contributed by atoms with van der Waals surface area (Å²) in [4.78, 5) is 2.39. The molecule has 0 saturated heterocycles. The Hall–Kier alpha value is -1.26. The summed E-state index contributed by atoms with van der Waals surface area (Å²) in [6, 6.07) is 9.67. The fourth-order valence-electron chi connectivity index (χ4n) is 2.52. The quantitative estimate of drug-likeness (QED) is 0.628. The van der Waals surface area contributed by atoms with Gasteiger partial charge in [-0.25, -0.2) is 0 Å². The monoisotopic (exact) mass is 199 g/mol. The number of fused-ring (bicyclic) bond motifs is 1. The van der Waals surface area contributed by atoms with Crippen molar-refractivity contribution in [2.45, 2.75) is 32.4 Å². The predicted molar refractivity (Wildman–Crippen MR) is 63.6 cm³/mol. The van der Waals surface area contributed by atoms with E-state index in [2.05, 4.69) is 48.9 Å². The molecule has 1 aromatic carbocycles. The normalized spacial score (nSPS) is 25.7. The molecule has 15 heavy (non-hydrogen) atoms. The molecular formula is C14H17N. The summed E-state index contributed by atoms with van der Waals surface area (Å²) >= 11 is 0. The van der Waals surface area contributed by atoms with E-state index < -0.39 is 0 Å². The third-order valence-corrected chi connectivity index (χ3v) is 3.36. The zero-order chi connectivity index (χ0) is 10.8. The molecular weight excluding hydrogens is 182 g/mol. The van der Waals surface area contributed by atoms with Crippen molar-refractivity contribution in [2.75, 3.05) is 6.54 Å². The molecule has 1 heteroatoms. The van der Waals surface area contributed by atoms with E-state index >= 15 is 0 Å². The number of hydrogen-bond donors (Lipinski definition) is 0. The molecule has 0 spiro atoms. The van der Waals surface area contributed by atoms with E-state index in [1.165, 1.54) is 11.1 Å². The Morgan fingerprint density at radius 1 is 1.40 bits per heavy atom. The van der Waals surface area contributed by atoms with Crippen LogP contribution in [0.15, 0.2) is 24.3 Å². The highest BCUT2D eigenvalue weighted by Crippen LogP contribution is 2.31. The van der Waals surface area contributed by atoms with Gasteiger partial charge in [-0.1, -0.05) is 30.2 Å². The van der Waals surface area contributed by atoms with E-state index in [4.69, 9.17) is 6.42 Å². The Kier molecular flexibility index (Phi) is 2.79. The van der Waals surface area contributed by atoms with Crippen molar-refractivity contribution in [1.82, 2.24) is 4.90 Å². The van der Waals surface area contributed by atoms with Gasteiger partial charge in [0.1, 0.15) is 0 Å². The lowest BCUT2D eigenvalue weighted by molar-refractivity contribution is 0.160. The second kappa shape index (κ2) is 4.08. The summed E-state index contributed by atoms with van der Waals surface area (Å²) in [6.45, 7) is 5.24. The molecule has 2 rings (SSSR count). The van der Waals surface area contributed by atoms with E-state index in [0.29, 0.717) is 12.1 Å². The summed E-state index contributed by atoms with van der Waals surface area (Å²) in [5.74, 6) is 2.75. The highest BCUT2D eigenvalue weighted by Gasteiger charge is 2.27. The minimum Gasteiger partial charge on any atom is -0.283 e. The largest absolute Gasteiger partial charge is 0.283 e. The predicted octanol–water partition coefficient (Wildman–Crippen LogP) is 2.63. The maximum atomic E-state index is 5.41. The Balaban J connectivity index is 2.35. The molecule has 1 nitrogen and oxygen atoms in total. The van der Waals surface area contributed by atoms with E-state index in [1.54, 1.807) is 0 Å². The second-order valence-electron chi connectivity index (χ2n) is 4.30. The zero-order valence-corrected chi connectivity index (χ0v) is 9.40. The van der Waals surface area contributed by atoms with Gasteiger partial charge in [-0.3, -0.25) is 4.90 Å². The molecule has 2 atom stereocenters. The Bertz CT molecular complexity index is 389. The molecule has 0 aliphatic carbocycles. The maximum Gasteiger partial charge on any atom is 0.0606 e. The third kappa shape index (κ3) is 1.78. The Labute approximate surface area is 92.1 Å². The van der Waals surface area contributed by atoms with E-state index in [9.17, 15) is 0 Å². The Morgan fingerprint density at radius 3 is 2.87 bits per heavy atom. The van der Waals surface area contributed by atoms with Crippen molar-refractivity contribution in [1.29, 1.82) is 0 Å². The van der Waals surface area contributed by atoms with Gasteiger partial charge in [0.05, 0.1) is 6.54 Å². The molecule has 0 saturated carbocycles. The zero-order valence-electron chi connectivity index (χ0n) is 9.40. The van der Waals surface area contributed by atoms with Gasteiger partial charge in [-0.15, -0.1) is 6.42 Å². The topological polar surface area (TPSA) is 3.24 Å². The molecule has 78 valence electrons. The van der Waals surface area contributed by atoms with Crippen LogP contribution in [-0.4, -0.2) is 17.5 Å². The summed E-state index contributed by atoms with van der Waals surface area (Å²) < 4.78 is 0. The minimum atomic E-state index is 0.445. The number of benzene rings is 1. The van der Waals surface area contributed by atoms with Crippen molar-refractivity contribution < 1.29 is 0 Å². The van der Waals surface area contributed by atoms with Crippen LogP contribution in [0.5, 0.6) is 0 Å². The SMILES string of the molecule is C#CCN1[C@H](C)c2ccccc2C[C@@H]1C. The first kappa shape index (κ1) is 10.3. The molecule has 1 heterocycles. The van der Waals surface area contributed by atoms with Crippen molar-refractivity contribution in [3.05, 3.63) is 35.4 Å². The first-order valence-corrected chi connectivity index (χ1v) is 5.51. The molecule has 1 aliphatic rings. The molecule has 1 aliphatic heterocycles. The number of rotatable bonds is 1. The summed E-state index contributed by atoms with van der Waals surface area (Å²) in [5, 5.41) is 0. The second-order valence-corrected chi connectivity index (χ2v) is 4.30. The molecule has 1 aromatic rings. The summed E-state index contributed by atoms with van der Waals surface area (Å²) in [5.41, 5.74) is 2.91. The molecule has 0 fully saturated rings. The third-order valence-electron chi connectivity index (χ3n) is 3.36. The van der Waals surface area contributed by atoms with Crippen LogP contribution in [0.3, 0.4) is 0 Å². The van der Waals surface area contributed by atoms with Crippen molar-refractivity contribution >= 4 is 0 Å². The summed E-state index contributed by atoms with van der Waals surface area (Å²) in [7, 11) is 0. The average molecular weight is 199 g/mol. The standard InChI is InChI=1S/C14H17N/c1-4-9-15-11(2)10-13-7-5-6-8-14(13)12(15)3/h1,5-8,11-12H,9-10H2,2-3H3/t11-,12+/m0/s1. The van der Waals surface area contributed by atoms with Gasteiger partial charge in [-0.2, -0.15) is 0 Å². The Morgan fingerprint density at radius 2 is 2.13 bits per heavy atom. The van der Waals surface area contributed by atoms with Gasteiger partial charge >= 0.3 is 0 Å². The lowest BCUT2D eigenvalue weighted by Gasteiger charge is -2.39. The van der Waals surface area contributed by atoms with Crippen LogP contribution in [0, 0.1) is 12.3 Å². The van der Waals surface area contributed by atoms with Crippen molar-refractivity contribution in [3.63, 3.8) is 0 Å². The first-order valence-electron chi connectivity index (χ1n) is 5.51. The number of hydrogen-bond acceptors (Lipinski definition) is 1. The lowest BCUT2D eigenvalue weighted by Crippen LogP contribution is -2.41. The van der Waals surface area contributed by atoms with Crippen LogP contribution in [0.4, 0.5) is 0 Å². The molecule has 0 amide bonds. The van der Waals surface area contributed by atoms with Gasteiger partial charge in [0.25, 0.3) is 0 Å². The van der Waals surface area contributed by atoms with Gasteiger partial charge in [0.2, 0.25) is 0 Å². The number of nitrogens with zero attached hydrogens (tertiary/aromatic N) is 1. The molecule has 0 aromatic heterocycles. The van der Waals surface area contributed by atoms with E-state index in [-0.39, 0.29) is 0 Å². The van der Waals surface area contributed by atoms with Crippen molar-refractivity contribution in [3.8, 4) is 12.3 Å². The fourth-order valence-corrected chi connectivity index (χ4v) is 2.52. The van der Waals surface area contributed by atoms with Gasteiger partial charge in [0, 0.05) is 12.1 Å². The fraction of sp³-hybridized carbons (Fsp3) is 0.429. The number of terminal acetylenes is 1. The highest BCUT2D eigenvalue weighted by atomic mass is 15.2. The lowest BCUT2D eigenvalue weighted by atomic mass is 9.89. The highest BCUT2D eigenvalue weighted by molar-refractivity contribution is 5.33. The van der Waals surface area contributed by atoms with Crippen LogP contribution >= 0.6 is 0 Å². The maximum absolute atomic E-state index is 5.41. The van der Waals surface area contributed by atoms with Crippen LogP contribution in [0.2, 0.25) is 0 Å². The van der Waals surface area contributed by atoms with Crippen LogP contribution in [0.25, 0.3) is 0 Å². The van der Waals surface area contributed by atoms with Gasteiger partial charge < -0.3 is 0 Å². The first-order chi connectivity index (χ1) is 7.24. The molecule has 0 radical (unpaired) electrons. The van der Waals surface area contributed by atoms with Crippen LogP contribution in [0.1, 0.15) is 31.0 Å². The molecule has 0 unspecified atom stereocenters. The summed E-state index contributed by atoms with van der Waals surface area (Å²) in [6.07, 6.45) is 6.53. The van der Waals surface area contributed by atoms with E-state index in [0.717, 1.165) is 13.0 Å². The van der Waals surface area contributed by atoms with Crippen LogP contribution < -0.4 is 0 Å². The smallest absolute Gasteiger partial charge is 0.0606 e. The van der Waals surface area contributed by atoms with Crippen molar-refractivity contribution in [2.24, 2.45) is 0 Å². The molecule has 0 N–H and O–H groups in total. The average Bonchev–Trinajstić information content (AvgIpc) is 2.24. The van der Waals surface area contributed by atoms with Gasteiger partial charge in [0.15, 0.2) is 0 Å². The van der Waals surface area contributed by atoms with Gasteiger partial charge in [-0.05, 0) is 31.4 Å². The van der Waals surface area contributed by atoms with E-state index in [1.807, 2.05) is 0 Å². The minimum absolute atomic E-state index is 0.445.